The van der Waals surface area contributed by atoms with E-state index >= 15 is 0 Å². The zero-order valence-corrected chi connectivity index (χ0v) is 16.3. The van der Waals surface area contributed by atoms with Gasteiger partial charge in [0, 0.05) is 30.1 Å². The molecule has 1 aliphatic carbocycles. The summed E-state index contributed by atoms with van der Waals surface area (Å²) in [6.07, 6.45) is 3.91. The van der Waals surface area contributed by atoms with E-state index in [0.717, 1.165) is 34.7 Å². The van der Waals surface area contributed by atoms with Gasteiger partial charge in [-0.25, -0.2) is 4.98 Å². The first-order valence-electron chi connectivity index (χ1n) is 9.41. The third-order valence-corrected chi connectivity index (χ3v) is 5.78. The number of rotatable bonds is 7. The lowest BCUT2D eigenvalue weighted by molar-refractivity contribution is 0.0730. The highest BCUT2D eigenvalue weighted by Gasteiger charge is 2.33. The molecule has 0 spiro atoms. The number of phenols is 1. The number of aromatic nitrogens is 1. The van der Waals surface area contributed by atoms with E-state index in [1.54, 1.807) is 30.1 Å². The van der Waals surface area contributed by atoms with Crippen molar-refractivity contribution < 1.29 is 9.90 Å². The average molecular weight is 391 g/mol. The van der Waals surface area contributed by atoms with E-state index in [2.05, 4.69) is 4.98 Å². The van der Waals surface area contributed by atoms with E-state index in [1.165, 1.54) is 5.56 Å². The second-order valence-corrected chi connectivity index (χ2v) is 7.98. The van der Waals surface area contributed by atoms with Crippen LogP contribution in [0.2, 0.25) is 0 Å². The standard InChI is InChI=1S/C23H22N2O2S/c26-21-12-6-17(7-13-21)15-25(20-10-11-20)23(27)19-8-4-18(5-9-19)16-28-22-3-1-2-14-24-22/h1-9,12-14,20,26H,10-11,15-16H2. The van der Waals surface area contributed by atoms with Crippen molar-refractivity contribution in [3.63, 3.8) is 0 Å². The molecule has 1 saturated carbocycles. The van der Waals surface area contributed by atoms with Crippen LogP contribution in [0.25, 0.3) is 0 Å². The molecule has 3 aromatic rings. The molecular formula is C23H22N2O2S. The number of hydrogen-bond acceptors (Lipinski definition) is 4. The van der Waals surface area contributed by atoms with Gasteiger partial charge in [-0.05, 0) is 60.4 Å². The summed E-state index contributed by atoms with van der Waals surface area (Å²) in [4.78, 5) is 19.3. The first-order chi connectivity index (χ1) is 13.7. The number of aromatic hydroxyl groups is 1. The molecule has 1 N–H and O–H groups in total. The van der Waals surface area contributed by atoms with Crippen LogP contribution in [0.5, 0.6) is 5.75 Å². The van der Waals surface area contributed by atoms with E-state index in [4.69, 9.17) is 0 Å². The Morgan fingerprint density at radius 2 is 1.71 bits per heavy atom. The number of carbonyl (C=O) groups is 1. The van der Waals surface area contributed by atoms with Crippen molar-refractivity contribution in [1.82, 2.24) is 9.88 Å². The van der Waals surface area contributed by atoms with Crippen molar-refractivity contribution in [3.8, 4) is 5.75 Å². The van der Waals surface area contributed by atoms with Gasteiger partial charge in [-0.1, -0.05) is 30.3 Å². The molecule has 1 amide bonds. The predicted molar refractivity (Wildman–Crippen MR) is 111 cm³/mol. The molecule has 28 heavy (non-hydrogen) atoms. The van der Waals surface area contributed by atoms with Crippen LogP contribution < -0.4 is 0 Å². The van der Waals surface area contributed by atoms with Crippen molar-refractivity contribution in [2.75, 3.05) is 0 Å². The highest BCUT2D eigenvalue weighted by Crippen LogP contribution is 2.30. The zero-order valence-electron chi connectivity index (χ0n) is 15.5. The molecule has 1 aromatic heterocycles. The Kier molecular flexibility index (Phi) is 5.63. The van der Waals surface area contributed by atoms with Gasteiger partial charge in [0.1, 0.15) is 5.75 Å². The normalized spacial score (nSPS) is 13.3. The minimum absolute atomic E-state index is 0.0690. The summed E-state index contributed by atoms with van der Waals surface area (Å²) in [5.74, 6) is 1.14. The van der Waals surface area contributed by atoms with Crippen molar-refractivity contribution in [3.05, 3.63) is 89.6 Å². The summed E-state index contributed by atoms with van der Waals surface area (Å²) < 4.78 is 0. The largest absolute Gasteiger partial charge is 0.508 e. The van der Waals surface area contributed by atoms with Crippen LogP contribution in [0.3, 0.4) is 0 Å². The van der Waals surface area contributed by atoms with Crippen LogP contribution in [0.1, 0.15) is 34.3 Å². The average Bonchev–Trinajstić information content (AvgIpc) is 3.58. The molecule has 0 radical (unpaired) electrons. The lowest BCUT2D eigenvalue weighted by atomic mass is 10.1. The first-order valence-corrected chi connectivity index (χ1v) is 10.4. The summed E-state index contributed by atoms with van der Waals surface area (Å²) in [7, 11) is 0. The Bertz CT molecular complexity index is 923. The summed E-state index contributed by atoms with van der Waals surface area (Å²) in [6.45, 7) is 0.570. The van der Waals surface area contributed by atoms with Gasteiger partial charge in [0.05, 0.1) is 5.03 Å². The lowest BCUT2D eigenvalue weighted by Crippen LogP contribution is -2.32. The van der Waals surface area contributed by atoms with Gasteiger partial charge >= 0.3 is 0 Å². The molecule has 4 rings (SSSR count). The van der Waals surface area contributed by atoms with E-state index < -0.39 is 0 Å². The van der Waals surface area contributed by atoms with E-state index in [0.29, 0.717) is 12.6 Å². The fraction of sp³-hybridized carbons (Fsp3) is 0.217. The van der Waals surface area contributed by atoms with Gasteiger partial charge in [0.25, 0.3) is 5.91 Å². The monoisotopic (exact) mass is 390 g/mol. The Labute approximate surface area is 169 Å². The van der Waals surface area contributed by atoms with Crippen LogP contribution in [-0.4, -0.2) is 26.9 Å². The Morgan fingerprint density at radius 3 is 2.36 bits per heavy atom. The molecule has 1 aliphatic rings. The maximum atomic E-state index is 13.0. The summed E-state index contributed by atoms with van der Waals surface area (Å²) >= 11 is 1.69. The number of pyridine rings is 1. The number of hydrogen-bond donors (Lipinski definition) is 1. The highest BCUT2D eigenvalue weighted by atomic mass is 32.2. The molecule has 1 fully saturated rings. The Morgan fingerprint density at radius 1 is 1.00 bits per heavy atom. The van der Waals surface area contributed by atoms with Crippen LogP contribution in [-0.2, 0) is 12.3 Å². The Balaban J connectivity index is 1.41. The number of phenolic OH excluding ortho intramolecular Hbond substituents is 1. The van der Waals surface area contributed by atoms with E-state index in [-0.39, 0.29) is 11.7 Å². The molecular weight excluding hydrogens is 368 g/mol. The number of amides is 1. The smallest absolute Gasteiger partial charge is 0.254 e. The zero-order chi connectivity index (χ0) is 19.3. The van der Waals surface area contributed by atoms with Crippen molar-refractivity contribution in [2.45, 2.75) is 36.2 Å². The minimum Gasteiger partial charge on any atom is -0.508 e. The topological polar surface area (TPSA) is 53.4 Å². The number of carbonyl (C=O) groups excluding carboxylic acids is 1. The van der Waals surface area contributed by atoms with Crippen LogP contribution in [0.15, 0.2) is 78.0 Å². The maximum Gasteiger partial charge on any atom is 0.254 e. The van der Waals surface area contributed by atoms with Gasteiger partial charge in [-0.15, -0.1) is 11.8 Å². The van der Waals surface area contributed by atoms with Gasteiger partial charge in [-0.3, -0.25) is 4.79 Å². The third kappa shape index (κ3) is 4.73. The van der Waals surface area contributed by atoms with E-state index in [1.807, 2.05) is 59.5 Å². The maximum absolute atomic E-state index is 13.0. The van der Waals surface area contributed by atoms with Gasteiger partial charge in [0.2, 0.25) is 0 Å². The molecule has 2 aromatic carbocycles. The summed E-state index contributed by atoms with van der Waals surface area (Å²) in [5, 5.41) is 10.5. The summed E-state index contributed by atoms with van der Waals surface area (Å²) in [5.41, 5.74) is 2.92. The van der Waals surface area contributed by atoms with Crippen molar-refractivity contribution >= 4 is 17.7 Å². The molecule has 0 aliphatic heterocycles. The number of benzene rings is 2. The quantitative estimate of drug-likeness (QED) is 0.584. The van der Waals surface area contributed by atoms with E-state index in [9.17, 15) is 9.90 Å². The van der Waals surface area contributed by atoms with Crippen LogP contribution in [0.4, 0.5) is 0 Å². The number of nitrogens with zero attached hydrogens (tertiary/aromatic N) is 2. The van der Waals surface area contributed by atoms with Crippen LogP contribution >= 0.6 is 11.8 Å². The molecule has 0 atom stereocenters. The Hall–Kier alpha value is -2.79. The van der Waals surface area contributed by atoms with Crippen molar-refractivity contribution in [2.24, 2.45) is 0 Å². The first kappa shape index (κ1) is 18.6. The van der Waals surface area contributed by atoms with Gasteiger partial charge in [0.15, 0.2) is 0 Å². The van der Waals surface area contributed by atoms with Crippen molar-refractivity contribution in [1.29, 1.82) is 0 Å². The molecule has 0 saturated heterocycles. The molecule has 0 unspecified atom stereocenters. The van der Waals surface area contributed by atoms with Gasteiger partial charge < -0.3 is 10.0 Å². The second-order valence-electron chi connectivity index (χ2n) is 6.98. The molecule has 0 bridgehead atoms. The lowest BCUT2D eigenvalue weighted by Gasteiger charge is -2.23. The fourth-order valence-corrected chi connectivity index (χ4v) is 3.87. The second kappa shape index (κ2) is 8.48. The molecule has 142 valence electrons. The fourth-order valence-electron chi connectivity index (χ4n) is 3.05. The molecule has 4 nitrogen and oxygen atoms in total. The molecule has 1 heterocycles. The van der Waals surface area contributed by atoms with Gasteiger partial charge in [-0.2, -0.15) is 0 Å². The number of thioether (sulfide) groups is 1. The predicted octanol–water partition coefficient (Wildman–Crippen LogP) is 4.88. The SMILES string of the molecule is O=C(c1ccc(CSc2ccccn2)cc1)N(Cc1ccc(O)cc1)C1CC1. The van der Waals surface area contributed by atoms with Crippen LogP contribution in [0, 0.1) is 0 Å². The molecule has 5 heteroatoms. The summed E-state index contributed by atoms with van der Waals surface area (Å²) in [6, 6.07) is 21.2. The highest BCUT2D eigenvalue weighted by molar-refractivity contribution is 7.98. The minimum atomic E-state index is 0.0690. The third-order valence-electron chi connectivity index (χ3n) is 4.76.